The standard InChI is InChI=1S/C13H15N3O2/c1-2-18-12(17)8-15-13-10(7-14)6-9-4-3-5-11(9)16-13/h6H,2-5,8H2,1H3,(H,15,16). The van der Waals surface area contributed by atoms with Crippen molar-refractivity contribution in [2.24, 2.45) is 0 Å². The maximum absolute atomic E-state index is 11.3. The molecule has 5 heteroatoms. The van der Waals surface area contributed by atoms with E-state index >= 15 is 0 Å². The third kappa shape index (κ3) is 2.59. The molecule has 0 spiro atoms. The monoisotopic (exact) mass is 245 g/mol. The molecule has 0 radical (unpaired) electrons. The molecule has 0 unspecified atom stereocenters. The summed E-state index contributed by atoms with van der Waals surface area (Å²) in [5.41, 5.74) is 2.66. The lowest BCUT2D eigenvalue weighted by Crippen LogP contribution is -2.18. The lowest BCUT2D eigenvalue weighted by Gasteiger charge is -2.09. The highest BCUT2D eigenvalue weighted by atomic mass is 16.5. The second-order valence-corrected chi connectivity index (χ2v) is 4.11. The molecule has 1 N–H and O–H groups in total. The van der Waals surface area contributed by atoms with Crippen molar-refractivity contribution in [3.8, 4) is 6.07 Å². The number of nitrogens with zero attached hydrogens (tertiary/aromatic N) is 2. The zero-order chi connectivity index (χ0) is 13.0. The van der Waals surface area contributed by atoms with Crippen LogP contribution in [-0.4, -0.2) is 24.1 Å². The van der Waals surface area contributed by atoms with Gasteiger partial charge < -0.3 is 10.1 Å². The van der Waals surface area contributed by atoms with Crippen LogP contribution >= 0.6 is 0 Å². The van der Waals surface area contributed by atoms with Crippen LogP contribution in [0.2, 0.25) is 0 Å². The normalized spacial score (nSPS) is 12.7. The van der Waals surface area contributed by atoms with Crippen molar-refractivity contribution >= 4 is 11.8 Å². The van der Waals surface area contributed by atoms with E-state index in [-0.39, 0.29) is 12.5 Å². The van der Waals surface area contributed by atoms with Crippen molar-refractivity contribution in [3.05, 3.63) is 22.9 Å². The largest absolute Gasteiger partial charge is 0.465 e. The Kier molecular flexibility index (Phi) is 3.78. The van der Waals surface area contributed by atoms with Gasteiger partial charge in [0.1, 0.15) is 18.4 Å². The van der Waals surface area contributed by atoms with E-state index in [1.165, 1.54) is 0 Å². The van der Waals surface area contributed by atoms with Gasteiger partial charge in [0, 0.05) is 5.69 Å². The molecule has 5 nitrogen and oxygen atoms in total. The van der Waals surface area contributed by atoms with Crippen molar-refractivity contribution in [2.45, 2.75) is 26.2 Å². The number of pyridine rings is 1. The van der Waals surface area contributed by atoms with Crippen LogP contribution in [0, 0.1) is 11.3 Å². The number of nitrogens with one attached hydrogen (secondary N) is 1. The molecule has 1 aliphatic carbocycles. The van der Waals surface area contributed by atoms with Gasteiger partial charge in [0.25, 0.3) is 0 Å². The lowest BCUT2D eigenvalue weighted by molar-refractivity contribution is -0.140. The number of nitriles is 1. The molecule has 0 atom stereocenters. The maximum Gasteiger partial charge on any atom is 0.325 e. The molecule has 1 heterocycles. The highest BCUT2D eigenvalue weighted by Crippen LogP contribution is 2.24. The molecular weight excluding hydrogens is 230 g/mol. The summed E-state index contributed by atoms with van der Waals surface area (Å²) in [6.45, 7) is 2.14. The summed E-state index contributed by atoms with van der Waals surface area (Å²) in [5, 5.41) is 11.9. The number of hydrogen-bond donors (Lipinski definition) is 1. The number of aryl methyl sites for hydroxylation is 2. The Labute approximate surface area is 106 Å². The summed E-state index contributed by atoms with van der Waals surface area (Å²) < 4.78 is 4.82. The Bertz CT molecular complexity index is 506. The summed E-state index contributed by atoms with van der Waals surface area (Å²) in [7, 11) is 0. The highest BCUT2D eigenvalue weighted by molar-refractivity contribution is 5.75. The second kappa shape index (κ2) is 5.50. The summed E-state index contributed by atoms with van der Waals surface area (Å²) in [6, 6.07) is 3.97. The fraction of sp³-hybridized carbons (Fsp3) is 0.462. The highest BCUT2D eigenvalue weighted by Gasteiger charge is 2.16. The van der Waals surface area contributed by atoms with Crippen molar-refractivity contribution < 1.29 is 9.53 Å². The fourth-order valence-electron chi connectivity index (χ4n) is 2.06. The van der Waals surface area contributed by atoms with E-state index in [0.717, 1.165) is 30.5 Å². The van der Waals surface area contributed by atoms with Crippen molar-refractivity contribution in [1.82, 2.24) is 4.98 Å². The Hall–Kier alpha value is -2.09. The predicted molar refractivity (Wildman–Crippen MR) is 66.1 cm³/mol. The van der Waals surface area contributed by atoms with Crippen molar-refractivity contribution in [3.63, 3.8) is 0 Å². The fourth-order valence-corrected chi connectivity index (χ4v) is 2.06. The molecule has 18 heavy (non-hydrogen) atoms. The van der Waals surface area contributed by atoms with Gasteiger partial charge in [-0.25, -0.2) is 4.98 Å². The number of esters is 1. The van der Waals surface area contributed by atoms with Crippen LogP contribution in [0.15, 0.2) is 6.07 Å². The molecule has 0 aromatic carbocycles. The van der Waals surface area contributed by atoms with Crippen LogP contribution in [0.4, 0.5) is 5.82 Å². The average molecular weight is 245 g/mol. The van der Waals surface area contributed by atoms with Crippen LogP contribution in [0.25, 0.3) is 0 Å². The molecule has 2 rings (SSSR count). The molecule has 0 saturated carbocycles. The van der Waals surface area contributed by atoms with Gasteiger partial charge in [0.05, 0.1) is 12.2 Å². The minimum atomic E-state index is -0.344. The number of hydrogen-bond acceptors (Lipinski definition) is 5. The number of carbonyl (C=O) groups is 1. The minimum Gasteiger partial charge on any atom is -0.465 e. The molecular formula is C13H15N3O2. The van der Waals surface area contributed by atoms with E-state index in [0.29, 0.717) is 18.0 Å². The molecule has 0 fully saturated rings. The number of anilines is 1. The molecule has 0 aliphatic heterocycles. The summed E-state index contributed by atoms with van der Waals surface area (Å²) in [6.07, 6.45) is 3.00. The van der Waals surface area contributed by atoms with Crippen LogP contribution in [0.1, 0.15) is 30.2 Å². The van der Waals surface area contributed by atoms with E-state index in [2.05, 4.69) is 16.4 Å². The summed E-state index contributed by atoms with van der Waals surface area (Å²) in [4.78, 5) is 15.7. The smallest absolute Gasteiger partial charge is 0.325 e. The number of fused-ring (bicyclic) bond motifs is 1. The van der Waals surface area contributed by atoms with Gasteiger partial charge in [-0.1, -0.05) is 0 Å². The van der Waals surface area contributed by atoms with Gasteiger partial charge in [-0.2, -0.15) is 5.26 Å². The van der Waals surface area contributed by atoms with Crippen LogP contribution in [-0.2, 0) is 22.4 Å². The van der Waals surface area contributed by atoms with E-state index in [1.54, 1.807) is 6.92 Å². The van der Waals surface area contributed by atoms with Gasteiger partial charge in [-0.3, -0.25) is 4.79 Å². The van der Waals surface area contributed by atoms with Gasteiger partial charge in [-0.15, -0.1) is 0 Å². The van der Waals surface area contributed by atoms with Gasteiger partial charge in [-0.05, 0) is 37.8 Å². The maximum atomic E-state index is 11.3. The summed E-state index contributed by atoms with van der Waals surface area (Å²) >= 11 is 0. The van der Waals surface area contributed by atoms with E-state index in [4.69, 9.17) is 10.00 Å². The second-order valence-electron chi connectivity index (χ2n) is 4.11. The minimum absolute atomic E-state index is 0.0360. The quantitative estimate of drug-likeness (QED) is 0.812. The average Bonchev–Trinajstić information content (AvgIpc) is 2.82. The first kappa shape index (κ1) is 12.4. The Morgan fingerprint density at radius 1 is 1.61 bits per heavy atom. The Morgan fingerprint density at radius 3 is 3.17 bits per heavy atom. The summed E-state index contributed by atoms with van der Waals surface area (Å²) in [5.74, 6) is 0.134. The van der Waals surface area contributed by atoms with Crippen molar-refractivity contribution in [1.29, 1.82) is 5.26 Å². The number of aromatic nitrogens is 1. The molecule has 1 aliphatic rings. The Balaban J connectivity index is 2.12. The zero-order valence-corrected chi connectivity index (χ0v) is 10.3. The number of rotatable bonds is 4. The van der Waals surface area contributed by atoms with Gasteiger partial charge >= 0.3 is 5.97 Å². The van der Waals surface area contributed by atoms with Crippen LogP contribution in [0.5, 0.6) is 0 Å². The third-order valence-electron chi connectivity index (χ3n) is 2.88. The van der Waals surface area contributed by atoms with Crippen LogP contribution in [0.3, 0.4) is 0 Å². The van der Waals surface area contributed by atoms with E-state index in [9.17, 15) is 4.79 Å². The topological polar surface area (TPSA) is 75.0 Å². The third-order valence-corrected chi connectivity index (χ3v) is 2.88. The Morgan fingerprint density at radius 2 is 2.44 bits per heavy atom. The molecule has 0 bridgehead atoms. The molecule has 1 aromatic rings. The van der Waals surface area contributed by atoms with Gasteiger partial charge in [0.15, 0.2) is 0 Å². The van der Waals surface area contributed by atoms with E-state index in [1.807, 2.05) is 6.07 Å². The zero-order valence-electron chi connectivity index (χ0n) is 10.3. The SMILES string of the molecule is CCOC(=O)CNc1nc2c(cc1C#N)CCC2. The van der Waals surface area contributed by atoms with E-state index < -0.39 is 0 Å². The molecule has 1 aromatic heterocycles. The lowest BCUT2D eigenvalue weighted by atomic mass is 10.1. The first-order chi connectivity index (χ1) is 8.74. The molecule has 0 saturated heterocycles. The van der Waals surface area contributed by atoms with Crippen molar-refractivity contribution in [2.75, 3.05) is 18.5 Å². The van der Waals surface area contributed by atoms with Crippen LogP contribution < -0.4 is 5.32 Å². The predicted octanol–water partition coefficient (Wildman–Crippen LogP) is 1.42. The first-order valence-corrected chi connectivity index (χ1v) is 6.07. The molecule has 0 amide bonds. The molecule has 94 valence electrons. The first-order valence-electron chi connectivity index (χ1n) is 6.07. The number of carbonyl (C=O) groups excluding carboxylic acids is 1. The van der Waals surface area contributed by atoms with Gasteiger partial charge in [0.2, 0.25) is 0 Å². The number of ether oxygens (including phenoxy) is 1.